The molecule has 0 unspecified atom stereocenters. The molecule has 1 atom stereocenters. The Morgan fingerprint density at radius 2 is 1.95 bits per heavy atom. The number of hydrogen-bond acceptors (Lipinski definition) is 2. The van der Waals surface area contributed by atoms with Crippen LogP contribution in [0.25, 0.3) is 0 Å². The van der Waals surface area contributed by atoms with Crippen molar-refractivity contribution >= 4 is 5.91 Å². The second-order valence-electron chi connectivity index (χ2n) is 4.85. The minimum absolute atomic E-state index is 0.104. The van der Waals surface area contributed by atoms with Crippen LogP contribution in [0.2, 0.25) is 0 Å². The molecule has 112 valence electrons. The van der Waals surface area contributed by atoms with Gasteiger partial charge in [0.15, 0.2) is 0 Å². The molecule has 1 aromatic carbocycles. The quantitative estimate of drug-likeness (QED) is 0.874. The van der Waals surface area contributed by atoms with Crippen molar-refractivity contribution in [1.29, 1.82) is 0 Å². The van der Waals surface area contributed by atoms with Gasteiger partial charge in [-0.3, -0.25) is 4.79 Å². The average molecular weight is 288 g/mol. The molecule has 0 saturated heterocycles. The molecule has 3 nitrogen and oxygen atoms in total. The molecule has 1 amide bonds. The van der Waals surface area contributed by atoms with Crippen molar-refractivity contribution in [3.8, 4) is 0 Å². The van der Waals surface area contributed by atoms with E-state index >= 15 is 0 Å². The number of benzene rings is 1. The van der Waals surface area contributed by atoms with Crippen molar-refractivity contribution in [3.63, 3.8) is 0 Å². The number of nitrogens with one attached hydrogen (secondary N) is 2. The topological polar surface area (TPSA) is 41.1 Å². The third-order valence-electron chi connectivity index (χ3n) is 2.95. The predicted octanol–water partition coefficient (Wildman–Crippen LogP) is 2.63. The van der Waals surface area contributed by atoms with E-state index in [1.807, 2.05) is 44.3 Å². The summed E-state index contributed by atoms with van der Waals surface area (Å²) in [6.45, 7) is 4.37. The lowest BCUT2D eigenvalue weighted by Gasteiger charge is -2.17. The molecule has 0 saturated carbocycles. The Bertz CT molecular complexity index is 472. The van der Waals surface area contributed by atoms with E-state index in [-0.39, 0.29) is 12.6 Å². The lowest BCUT2D eigenvalue weighted by Crippen LogP contribution is -2.39. The highest BCUT2D eigenvalue weighted by Crippen LogP contribution is 2.18. The van der Waals surface area contributed by atoms with E-state index in [1.54, 1.807) is 0 Å². The summed E-state index contributed by atoms with van der Waals surface area (Å²) in [4.78, 5) is 11.3. The second-order valence-corrected chi connectivity index (χ2v) is 4.85. The second kappa shape index (κ2) is 6.74. The van der Waals surface area contributed by atoms with Gasteiger partial charge in [0.05, 0.1) is 6.54 Å². The summed E-state index contributed by atoms with van der Waals surface area (Å²) < 4.78 is 35.8. The van der Waals surface area contributed by atoms with E-state index in [4.69, 9.17) is 0 Å². The average Bonchev–Trinajstić information content (AvgIpc) is 2.32. The summed E-state index contributed by atoms with van der Waals surface area (Å²) >= 11 is 0. The summed E-state index contributed by atoms with van der Waals surface area (Å²) in [6.07, 6.45) is -4.38. The van der Waals surface area contributed by atoms with Gasteiger partial charge in [0, 0.05) is 6.04 Å². The molecule has 0 aromatic heterocycles. The smallest absolute Gasteiger partial charge is 0.346 e. The number of hydrogen-bond donors (Lipinski definition) is 2. The van der Waals surface area contributed by atoms with Crippen molar-refractivity contribution in [2.75, 3.05) is 13.1 Å². The van der Waals surface area contributed by atoms with Crippen molar-refractivity contribution in [1.82, 2.24) is 10.6 Å². The van der Waals surface area contributed by atoms with Crippen LogP contribution in [0.15, 0.2) is 18.2 Å². The van der Waals surface area contributed by atoms with E-state index in [9.17, 15) is 18.0 Å². The van der Waals surface area contributed by atoms with Crippen LogP contribution in [-0.4, -0.2) is 25.2 Å². The summed E-state index contributed by atoms with van der Waals surface area (Å²) in [6, 6.07) is 5.84. The highest BCUT2D eigenvalue weighted by Gasteiger charge is 2.27. The van der Waals surface area contributed by atoms with E-state index < -0.39 is 18.6 Å². The summed E-state index contributed by atoms with van der Waals surface area (Å²) in [5, 5.41) is 4.74. The molecule has 20 heavy (non-hydrogen) atoms. The van der Waals surface area contributed by atoms with Gasteiger partial charge in [-0.05, 0) is 31.9 Å². The Morgan fingerprint density at radius 3 is 2.50 bits per heavy atom. The molecule has 0 aliphatic rings. The molecule has 6 heteroatoms. The molecule has 0 fully saturated rings. The molecular formula is C14H19F3N2O. The Labute approximate surface area is 116 Å². The molecule has 1 rings (SSSR count). The molecule has 0 heterocycles. The highest BCUT2D eigenvalue weighted by atomic mass is 19.4. The first-order valence-corrected chi connectivity index (χ1v) is 6.33. The van der Waals surface area contributed by atoms with Gasteiger partial charge in [0.2, 0.25) is 5.91 Å². The molecule has 0 spiro atoms. The van der Waals surface area contributed by atoms with Crippen LogP contribution in [0.5, 0.6) is 0 Å². The molecule has 2 N–H and O–H groups in total. The number of carbonyl (C=O) groups excluding carboxylic acids is 1. The summed E-state index contributed by atoms with van der Waals surface area (Å²) in [5.41, 5.74) is 3.25. The third-order valence-corrected chi connectivity index (χ3v) is 2.95. The Morgan fingerprint density at radius 1 is 1.30 bits per heavy atom. The normalized spacial score (nSPS) is 13.1. The lowest BCUT2D eigenvalue weighted by atomic mass is 10.0. The maximum atomic E-state index is 11.9. The molecule has 1 aromatic rings. The van der Waals surface area contributed by atoms with E-state index in [0.29, 0.717) is 0 Å². The summed E-state index contributed by atoms with van der Waals surface area (Å²) in [5.74, 6) is -0.668. The number of carbonyl (C=O) groups is 1. The zero-order chi connectivity index (χ0) is 15.3. The number of alkyl halides is 3. The van der Waals surface area contributed by atoms with Crippen molar-refractivity contribution in [2.45, 2.75) is 33.0 Å². The van der Waals surface area contributed by atoms with Crippen molar-refractivity contribution in [2.24, 2.45) is 0 Å². The largest absolute Gasteiger partial charge is 0.405 e. The molecule has 0 bridgehead atoms. The number of aryl methyl sites for hydroxylation is 2. The summed E-state index contributed by atoms with van der Waals surface area (Å²) in [7, 11) is 0. The molecule has 0 aliphatic heterocycles. The minimum Gasteiger partial charge on any atom is -0.346 e. The molecular weight excluding hydrogens is 269 g/mol. The number of amides is 1. The van der Waals surface area contributed by atoms with Crippen molar-refractivity contribution in [3.05, 3.63) is 34.9 Å². The van der Waals surface area contributed by atoms with Crippen LogP contribution in [0.4, 0.5) is 13.2 Å². The first-order valence-electron chi connectivity index (χ1n) is 6.33. The molecule has 0 aliphatic carbocycles. The zero-order valence-corrected chi connectivity index (χ0v) is 11.8. The van der Waals surface area contributed by atoms with Gasteiger partial charge in [-0.1, -0.05) is 23.8 Å². The van der Waals surface area contributed by atoms with Gasteiger partial charge < -0.3 is 10.6 Å². The van der Waals surface area contributed by atoms with E-state index in [2.05, 4.69) is 5.32 Å². The Balaban J connectivity index is 2.47. The minimum atomic E-state index is -4.38. The van der Waals surface area contributed by atoms with Gasteiger partial charge in [0.1, 0.15) is 6.54 Å². The van der Waals surface area contributed by atoms with Gasteiger partial charge in [-0.2, -0.15) is 13.2 Å². The molecule has 0 radical (unpaired) electrons. The van der Waals surface area contributed by atoms with Gasteiger partial charge in [-0.15, -0.1) is 0 Å². The van der Waals surface area contributed by atoms with Crippen LogP contribution in [0, 0.1) is 13.8 Å². The lowest BCUT2D eigenvalue weighted by molar-refractivity contribution is -0.137. The Hall–Kier alpha value is -1.56. The Kier molecular flexibility index (Phi) is 5.56. The fourth-order valence-electron chi connectivity index (χ4n) is 1.93. The zero-order valence-electron chi connectivity index (χ0n) is 11.8. The van der Waals surface area contributed by atoms with Crippen LogP contribution in [-0.2, 0) is 4.79 Å². The maximum absolute atomic E-state index is 11.9. The van der Waals surface area contributed by atoms with Gasteiger partial charge in [0.25, 0.3) is 0 Å². The first kappa shape index (κ1) is 16.5. The fourth-order valence-corrected chi connectivity index (χ4v) is 1.93. The van der Waals surface area contributed by atoms with Crippen molar-refractivity contribution < 1.29 is 18.0 Å². The predicted molar refractivity (Wildman–Crippen MR) is 71.4 cm³/mol. The van der Waals surface area contributed by atoms with Crippen LogP contribution in [0.3, 0.4) is 0 Å². The van der Waals surface area contributed by atoms with Gasteiger partial charge in [-0.25, -0.2) is 0 Å². The third kappa shape index (κ3) is 5.61. The highest BCUT2D eigenvalue weighted by molar-refractivity contribution is 5.78. The number of halogens is 3. The fraction of sp³-hybridized carbons (Fsp3) is 0.500. The van der Waals surface area contributed by atoms with Crippen LogP contribution in [0.1, 0.15) is 29.7 Å². The van der Waals surface area contributed by atoms with Crippen LogP contribution >= 0.6 is 0 Å². The van der Waals surface area contributed by atoms with Gasteiger partial charge >= 0.3 is 6.18 Å². The SMILES string of the molecule is Cc1ccc([C@H](C)NCC(=O)NCC(F)(F)F)c(C)c1. The van der Waals surface area contributed by atoms with E-state index in [1.165, 1.54) is 0 Å². The standard InChI is InChI=1S/C14H19F3N2O/c1-9-4-5-12(10(2)6-9)11(3)18-7-13(20)19-8-14(15,16)17/h4-6,11,18H,7-8H2,1-3H3,(H,19,20)/t11-/m0/s1. The maximum Gasteiger partial charge on any atom is 0.405 e. The van der Waals surface area contributed by atoms with Crippen LogP contribution < -0.4 is 10.6 Å². The van der Waals surface area contributed by atoms with E-state index in [0.717, 1.165) is 16.7 Å². The monoisotopic (exact) mass is 288 g/mol. The first-order chi connectivity index (χ1) is 9.19. The number of rotatable bonds is 5.